The second kappa shape index (κ2) is 6.86. The van der Waals surface area contributed by atoms with Gasteiger partial charge in [0, 0.05) is 27.8 Å². The van der Waals surface area contributed by atoms with Crippen LogP contribution in [0.15, 0.2) is 34.5 Å². The standard InChI is InChI=1S/C17H16N4O3S/c1-9-7-25-15(21-9)6-20-17(23)13-4-11(14-5-19-8-24-14)3-12(10(13)2)16(18)22/h3-5,7-8H,6H2,1-2H3,(H2,18,22)(H,20,23). The number of amides is 2. The summed E-state index contributed by atoms with van der Waals surface area (Å²) in [6.45, 7) is 3.90. The Morgan fingerprint density at radius 2 is 2.04 bits per heavy atom. The second-order valence-electron chi connectivity index (χ2n) is 5.49. The number of aromatic nitrogens is 2. The normalized spacial score (nSPS) is 10.6. The van der Waals surface area contributed by atoms with Crippen LogP contribution < -0.4 is 11.1 Å². The van der Waals surface area contributed by atoms with E-state index in [0.717, 1.165) is 10.7 Å². The van der Waals surface area contributed by atoms with Gasteiger partial charge in [-0.2, -0.15) is 0 Å². The Morgan fingerprint density at radius 1 is 1.28 bits per heavy atom. The molecule has 0 spiro atoms. The molecule has 3 aromatic rings. The van der Waals surface area contributed by atoms with Crippen molar-refractivity contribution >= 4 is 23.2 Å². The van der Waals surface area contributed by atoms with Crippen LogP contribution in [-0.2, 0) is 6.54 Å². The molecule has 0 aliphatic heterocycles. The molecule has 0 bridgehead atoms. The Labute approximate surface area is 147 Å². The van der Waals surface area contributed by atoms with Crippen LogP contribution in [0.25, 0.3) is 11.3 Å². The average Bonchev–Trinajstić information content (AvgIpc) is 3.24. The summed E-state index contributed by atoms with van der Waals surface area (Å²) in [6.07, 6.45) is 2.79. The third-order valence-corrected chi connectivity index (χ3v) is 4.67. The van der Waals surface area contributed by atoms with Gasteiger partial charge in [0.15, 0.2) is 12.2 Å². The number of benzene rings is 1. The average molecular weight is 356 g/mol. The van der Waals surface area contributed by atoms with Gasteiger partial charge in [-0.05, 0) is 31.5 Å². The molecule has 8 heteroatoms. The number of carbonyl (C=O) groups excluding carboxylic acids is 2. The number of nitrogens with zero attached hydrogens (tertiary/aromatic N) is 2. The number of primary amides is 1. The van der Waals surface area contributed by atoms with Gasteiger partial charge in [0.1, 0.15) is 5.01 Å². The zero-order chi connectivity index (χ0) is 18.0. The second-order valence-corrected chi connectivity index (χ2v) is 6.43. The highest BCUT2D eigenvalue weighted by Crippen LogP contribution is 2.25. The summed E-state index contributed by atoms with van der Waals surface area (Å²) >= 11 is 1.48. The van der Waals surface area contributed by atoms with Gasteiger partial charge in [-0.25, -0.2) is 9.97 Å². The SMILES string of the molecule is Cc1csc(CNC(=O)c2cc(-c3cnco3)cc(C(N)=O)c2C)n1. The highest BCUT2D eigenvalue weighted by Gasteiger charge is 2.18. The number of rotatable bonds is 5. The summed E-state index contributed by atoms with van der Waals surface area (Å²) in [7, 11) is 0. The molecule has 25 heavy (non-hydrogen) atoms. The Hall–Kier alpha value is -3.00. The molecule has 0 saturated heterocycles. The van der Waals surface area contributed by atoms with E-state index in [1.165, 1.54) is 23.9 Å². The lowest BCUT2D eigenvalue weighted by Gasteiger charge is -2.11. The number of oxazole rings is 1. The smallest absolute Gasteiger partial charge is 0.251 e. The molecule has 0 unspecified atom stereocenters. The van der Waals surface area contributed by atoms with Gasteiger partial charge < -0.3 is 15.5 Å². The Kier molecular flexibility index (Phi) is 4.62. The van der Waals surface area contributed by atoms with Gasteiger partial charge >= 0.3 is 0 Å². The molecule has 3 N–H and O–H groups in total. The van der Waals surface area contributed by atoms with Crippen molar-refractivity contribution in [3.8, 4) is 11.3 Å². The predicted octanol–water partition coefficient (Wildman–Crippen LogP) is 2.44. The van der Waals surface area contributed by atoms with E-state index in [0.29, 0.717) is 29.0 Å². The number of carbonyl (C=O) groups is 2. The van der Waals surface area contributed by atoms with Crippen LogP contribution in [-0.4, -0.2) is 21.8 Å². The molecule has 0 radical (unpaired) electrons. The molecule has 2 heterocycles. The summed E-state index contributed by atoms with van der Waals surface area (Å²) in [5, 5.41) is 5.55. The lowest BCUT2D eigenvalue weighted by atomic mass is 9.96. The maximum Gasteiger partial charge on any atom is 0.251 e. The summed E-state index contributed by atoms with van der Waals surface area (Å²) in [5.41, 5.74) is 8.06. The van der Waals surface area contributed by atoms with E-state index >= 15 is 0 Å². The summed E-state index contributed by atoms with van der Waals surface area (Å²) in [6, 6.07) is 3.25. The lowest BCUT2D eigenvalue weighted by molar-refractivity contribution is 0.0950. The van der Waals surface area contributed by atoms with E-state index in [4.69, 9.17) is 10.2 Å². The van der Waals surface area contributed by atoms with Gasteiger partial charge in [-0.1, -0.05) is 0 Å². The van der Waals surface area contributed by atoms with Gasteiger partial charge in [0.2, 0.25) is 5.91 Å². The van der Waals surface area contributed by atoms with Crippen LogP contribution >= 0.6 is 11.3 Å². The fraction of sp³-hybridized carbons (Fsp3) is 0.176. The van der Waals surface area contributed by atoms with Gasteiger partial charge in [-0.3, -0.25) is 9.59 Å². The zero-order valence-electron chi connectivity index (χ0n) is 13.7. The van der Waals surface area contributed by atoms with Crippen molar-refractivity contribution < 1.29 is 14.0 Å². The largest absolute Gasteiger partial charge is 0.444 e. The van der Waals surface area contributed by atoms with Gasteiger partial charge in [-0.15, -0.1) is 11.3 Å². The molecule has 0 aliphatic rings. The van der Waals surface area contributed by atoms with Crippen LogP contribution in [0.5, 0.6) is 0 Å². The van der Waals surface area contributed by atoms with E-state index in [1.807, 2.05) is 12.3 Å². The van der Waals surface area contributed by atoms with Crippen molar-refractivity contribution in [2.45, 2.75) is 20.4 Å². The number of aryl methyl sites for hydroxylation is 1. The first-order valence-electron chi connectivity index (χ1n) is 7.48. The molecule has 0 fully saturated rings. The van der Waals surface area contributed by atoms with Crippen LogP contribution in [0.2, 0.25) is 0 Å². The summed E-state index contributed by atoms with van der Waals surface area (Å²) in [4.78, 5) is 32.5. The van der Waals surface area contributed by atoms with Gasteiger partial charge in [0.05, 0.1) is 12.7 Å². The minimum atomic E-state index is -0.608. The third kappa shape index (κ3) is 3.58. The van der Waals surface area contributed by atoms with Crippen LogP contribution in [0.4, 0.5) is 0 Å². The molecule has 2 aromatic heterocycles. The molecule has 0 aliphatic carbocycles. The number of nitrogens with two attached hydrogens (primary N) is 1. The van der Waals surface area contributed by atoms with Crippen LogP contribution in [0.1, 0.15) is 37.0 Å². The molecule has 7 nitrogen and oxygen atoms in total. The van der Waals surface area contributed by atoms with Crippen molar-refractivity contribution in [1.82, 2.24) is 15.3 Å². The first-order chi connectivity index (χ1) is 12.0. The highest BCUT2D eigenvalue weighted by atomic mass is 32.1. The lowest BCUT2D eigenvalue weighted by Crippen LogP contribution is -2.25. The fourth-order valence-corrected chi connectivity index (χ4v) is 3.15. The van der Waals surface area contributed by atoms with E-state index in [9.17, 15) is 9.59 Å². The first-order valence-corrected chi connectivity index (χ1v) is 8.36. The van der Waals surface area contributed by atoms with E-state index in [2.05, 4.69) is 15.3 Å². The van der Waals surface area contributed by atoms with Crippen molar-refractivity contribution in [2.24, 2.45) is 5.73 Å². The number of thiazole rings is 1. The van der Waals surface area contributed by atoms with Gasteiger partial charge in [0.25, 0.3) is 5.91 Å². The highest BCUT2D eigenvalue weighted by molar-refractivity contribution is 7.09. The molecule has 1 aromatic carbocycles. The molecule has 128 valence electrons. The van der Waals surface area contributed by atoms with E-state index in [1.54, 1.807) is 19.1 Å². The number of hydrogen-bond acceptors (Lipinski definition) is 6. The zero-order valence-corrected chi connectivity index (χ0v) is 14.5. The Balaban J connectivity index is 1.93. The number of hydrogen-bond donors (Lipinski definition) is 2. The van der Waals surface area contributed by atoms with Crippen molar-refractivity contribution in [3.05, 3.63) is 57.5 Å². The first kappa shape index (κ1) is 16.8. The van der Waals surface area contributed by atoms with E-state index < -0.39 is 5.91 Å². The monoisotopic (exact) mass is 356 g/mol. The Bertz CT molecular complexity index is 932. The Morgan fingerprint density at radius 3 is 2.64 bits per heavy atom. The fourth-order valence-electron chi connectivity index (χ4n) is 2.44. The molecule has 3 rings (SSSR count). The quantitative estimate of drug-likeness (QED) is 0.729. The van der Waals surface area contributed by atoms with Crippen LogP contribution in [0, 0.1) is 13.8 Å². The maximum absolute atomic E-state index is 12.6. The van der Waals surface area contributed by atoms with E-state index in [-0.39, 0.29) is 11.5 Å². The molecular weight excluding hydrogens is 340 g/mol. The molecular formula is C17H16N4O3S. The summed E-state index contributed by atoms with van der Waals surface area (Å²) < 4.78 is 5.26. The summed E-state index contributed by atoms with van der Waals surface area (Å²) in [5.74, 6) is -0.468. The van der Waals surface area contributed by atoms with Crippen molar-refractivity contribution in [2.75, 3.05) is 0 Å². The van der Waals surface area contributed by atoms with Crippen molar-refractivity contribution in [3.63, 3.8) is 0 Å². The van der Waals surface area contributed by atoms with Crippen LogP contribution in [0.3, 0.4) is 0 Å². The molecule has 2 amide bonds. The predicted molar refractivity (Wildman–Crippen MR) is 93.2 cm³/mol. The topological polar surface area (TPSA) is 111 Å². The maximum atomic E-state index is 12.6. The minimum Gasteiger partial charge on any atom is -0.444 e. The molecule has 0 atom stereocenters. The van der Waals surface area contributed by atoms with Crippen molar-refractivity contribution in [1.29, 1.82) is 0 Å². The molecule has 0 saturated carbocycles. The third-order valence-electron chi connectivity index (χ3n) is 3.70. The number of nitrogens with one attached hydrogen (secondary N) is 1. The minimum absolute atomic E-state index is 0.268.